The predicted molar refractivity (Wildman–Crippen MR) is 125 cm³/mol. The molecule has 3 aromatic rings. The van der Waals surface area contributed by atoms with Gasteiger partial charge in [-0.25, -0.2) is 9.18 Å². The van der Waals surface area contributed by atoms with Gasteiger partial charge in [0.2, 0.25) is 0 Å². The van der Waals surface area contributed by atoms with Gasteiger partial charge in [0, 0.05) is 18.9 Å². The van der Waals surface area contributed by atoms with E-state index in [1.807, 2.05) is 30.3 Å². The minimum Gasteiger partial charge on any atom is -0.505 e. The van der Waals surface area contributed by atoms with Gasteiger partial charge >= 0.3 is 12.1 Å². The first-order valence-corrected chi connectivity index (χ1v) is 10.8. The smallest absolute Gasteiger partial charge is 0.412 e. The van der Waals surface area contributed by atoms with Gasteiger partial charge in [0.1, 0.15) is 6.10 Å². The molecule has 0 aliphatic carbocycles. The number of methoxy groups -OCH3 is 1. The van der Waals surface area contributed by atoms with Crippen LogP contribution in [0.4, 0.5) is 14.9 Å². The minimum absolute atomic E-state index is 0.0106. The average Bonchev–Trinajstić information content (AvgIpc) is 2.82. The molecule has 0 saturated carbocycles. The molecule has 0 radical (unpaired) electrons. The number of rotatable bonds is 9. The zero-order valence-electron chi connectivity index (χ0n) is 17.9. The molecule has 0 aromatic heterocycles. The molecule has 3 rings (SSSR count). The Morgan fingerprint density at radius 2 is 1.88 bits per heavy atom. The standard InChI is InChI=1S/C24H24FNO6S/c1-30-21(11-12-31-22(28)14-33)23(16-9-10-20(27)18(25)13-16)32-24(29)26-19-8-4-6-15-5-2-3-7-17(15)19/h2-10,13,21,23,27,33H,11-12,14H2,1H3,(H,26,29)/t21-,23-/m1/s1. The average molecular weight is 474 g/mol. The van der Waals surface area contributed by atoms with Gasteiger partial charge in [-0.15, -0.1) is 0 Å². The molecule has 0 aliphatic rings. The highest BCUT2D eigenvalue weighted by atomic mass is 32.1. The molecule has 0 aliphatic heterocycles. The van der Waals surface area contributed by atoms with E-state index in [0.717, 1.165) is 22.9 Å². The number of fused-ring (bicyclic) bond motifs is 1. The van der Waals surface area contributed by atoms with E-state index in [1.165, 1.54) is 13.2 Å². The van der Waals surface area contributed by atoms with Gasteiger partial charge in [-0.1, -0.05) is 42.5 Å². The molecule has 0 heterocycles. The lowest BCUT2D eigenvalue weighted by atomic mass is 10.0. The van der Waals surface area contributed by atoms with Crippen LogP contribution in [-0.4, -0.2) is 42.7 Å². The number of carbonyl (C=O) groups is 2. The first-order valence-electron chi connectivity index (χ1n) is 10.2. The second kappa shape index (κ2) is 11.5. The molecule has 3 aromatic carbocycles. The van der Waals surface area contributed by atoms with Crippen molar-refractivity contribution in [1.82, 2.24) is 0 Å². The van der Waals surface area contributed by atoms with E-state index in [-0.39, 0.29) is 24.3 Å². The van der Waals surface area contributed by atoms with Crippen LogP contribution in [0.1, 0.15) is 18.1 Å². The predicted octanol–water partition coefficient (Wildman–Crippen LogP) is 4.85. The van der Waals surface area contributed by atoms with Crippen molar-refractivity contribution in [2.75, 3.05) is 24.8 Å². The number of phenols is 1. The van der Waals surface area contributed by atoms with E-state index in [0.29, 0.717) is 5.69 Å². The third-order valence-corrected chi connectivity index (χ3v) is 5.25. The fourth-order valence-corrected chi connectivity index (χ4v) is 3.47. The van der Waals surface area contributed by atoms with E-state index >= 15 is 0 Å². The molecule has 33 heavy (non-hydrogen) atoms. The Morgan fingerprint density at radius 1 is 1.12 bits per heavy atom. The van der Waals surface area contributed by atoms with Crippen molar-refractivity contribution in [2.45, 2.75) is 18.6 Å². The molecule has 0 bridgehead atoms. The minimum atomic E-state index is -1.05. The van der Waals surface area contributed by atoms with Gasteiger partial charge < -0.3 is 19.3 Å². The van der Waals surface area contributed by atoms with E-state index in [1.54, 1.807) is 12.1 Å². The first-order chi connectivity index (χ1) is 15.9. The van der Waals surface area contributed by atoms with Crippen LogP contribution in [0, 0.1) is 5.82 Å². The summed E-state index contributed by atoms with van der Waals surface area (Å²) in [6.45, 7) is -0.0106. The van der Waals surface area contributed by atoms with E-state index in [2.05, 4.69) is 17.9 Å². The van der Waals surface area contributed by atoms with Gasteiger partial charge in [-0.2, -0.15) is 12.6 Å². The largest absolute Gasteiger partial charge is 0.505 e. The lowest BCUT2D eigenvalue weighted by Crippen LogP contribution is -2.29. The summed E-state index contributed by atoms with van der Waals surface area (Å²) in [6.07, 6.45) is -2.42. The highest BCUT2D eigenvalue weighted by Gasteiger charge is 2.28. The molecule has 0 spiro atoms. The van der Waals surface area contributed by atoms with Gasteiger partial charge in [0.25, 0.3) is 0 Å². The molecular weight excluding hydrogens is 449 g/mol. The number of esters is 1. The fourth-order valence-electron chi connectivity index (χ4n) is 3.38. The monoisotopic (exact) mass is 473 g/mol. The number of hydrogen-bond acceptors (Lipinski definition) is 7. The van der Waals surface area contributed by atoms with Crippen LogP contribution in [0.25, 0.3) is 10.8 Å². The van der Waals surface area contributed by atoms with Crippen molar-refractivity contribution >= 4 is 41.2 Å². The topological polar surface area (TPSA) is 94.1 Å². The van der Waals surface area contributed by atoms with Crippen molar-refractivity contribution in [3.8, 4) is 5.75 Å². The van der Waals surface area contributed by atoms with Crippen LogP contribution in [0.5, 0.6) is 5.75 Å². The number of aromatic hydroxyl groups is 1. The molecule has 174 valence electrons. The summed E-state index contributed by atoms with van der Waals surface area (Å²) in [5.74, 6) is -1.98. The van der Waals surface area contributed by atoms with E-state index in [9.17, 15) is 19.1 Å². The van der Waals surface area contributed by atoms with Crippen LogP contribution >= 0.6 is 12.6 Å². The summed E-state index contributed by atoms with van der Waals surface area (Å²) in [5.41, 5.74) is 0.816. The summed E-state index contributed by atoms with van der Waals surface area (Å²) < 4.78 is 30.2. The highest BCUT2D eigenvalue weighted by molar-refractivity contribution is 7.81. The molecule has 0 saturated heterocycles. The highest BCUT2D eigenvalue weighted by Crippen LogP contribution is 2.30. The normalized spacial score (nSPS) is 12.7. The quantitative estimate of drug-likeness (QED) is 0.304. The Kier molecular flexibility index (Phi) is 8.51. The van der Waals surface area contributed by atoms with Crippen molar-refractivity contribution in [2.24, 2.45) is 0 Å². The number of benzene rings is 3. The van der Waals surface area contributed by atoms with Crippen LogP contribution in [0.15, 0.2) is 60.7 Å². The number of ether oxygens (including phenoxy) is 3. The van der Waals surface area contributed by atoms with Gasteiger partial charge in [0.05, 0.1) is 18.0 Å². The van der Waals surface area contributed by atoms with Crippen LogP contribution in [-0.2, 0) is 19.0 Å². The summed E-state index contributed by atoms with van der Waals surface area (Å²) in [4.78, 5) is 24.2. The van der Waals surface area contributed by atoms with Crippen molar-refractivity contribution in [1.29, 1.82) is 0 Å². The van der Waals surface area contributed by atoms with E-state index < -0.39 is 35.8 Å². The maximum Gasteiger partial charge on any atom is 0.412 e. The molecule has 0 unspecified atom stereocenters. The molecule has 2 N–H and O–H groups in total. The summed E-state index contributed by atoms with van der Waals surface area (Å²) >= 11 is 3.85. The number of amides is 1. The Balaban J connectivity index is 1.82. The van der Waals surface area contributed by atoms with Gasteiger partial charge in [-0.3, -0.25) is 10.1 Å². The zero-order valence-corrected chi connectivity index (χ0v) is 18.8. The van der Waals surface area contributed by atoms with Gasteiger partial charge in [0.15, 0.2) is 17.7 Å². The van der Waals surface area contributed by atoms with Crippen molar-refractivity contribution in [3.63, 3.8) is 0 Å². The summed E-state index contributed by atoms with van der Waals surface area (Å²) in [6, 6.07) is 16.7. The Hall–Kier alpha value is -3.30. The molecular formula is C24H24FNO6S. The Labute approximate surface area is 195 Å². The Morgan fingerprint density at radius 3 is 2.61 bits per heavy atom. The number of thiol groups is 1. The van der Waals surface area contributed by atoms with Crippen molar-refractivity contribution in [3.05, 3.63) is 72.0 Å². The second-order valence-corrected chi connectivity index (χ2v) is 7.45. The number of anilines is 1. The van der Waals surface area contributed by atoms with Crippen LogP contribution < -0.4 is 5.32 Å². The first kappa shape index (κ1) is 24.3. The summed E-state index contributed by atoms with van der Waals surface area (Å²) in [7, 11) is 1.40. The molecule has 9 heteroatoms. The number of phenolic OH excluding ortho intramolecular Hbond substituents is 1. The Bertz CT molecular complexity index is 1120. The van der Waals surface area contributed by atoms with Gasteiger partial charge in [-0.05, 0) is 29.1 Å². The maximum atomic E-state index is 14.0. The lowest BCUT2D eigenvalue weighted by molar-refractivity contribution is -0.141. The molecule has 7 nitrogen and oxygen atoms in total. The third-order valence-electron chi connectivity index (χ3n) is 5.00. The third kappa shape index (κ3) is 6.36. The molecule has 2 atom stereocenters. The number of nitrogens with one attached hydrogen (secondary N) is 1. The molecule has 0 fully saturated rings. The van der Waals surface area contributed by atoms with Crippen LogP contribution in [0.3, 0.4) is 0 Å². The molecule has 1 amide bonds. The van der Waals surface area contributed by atoms with E-state index in [4.69, 9.17) is 14.2 Å². The second-order valence-electron chi connectivity index (χ2n) is 7.13. The van der Waals surface area contributed by atoms with Crippen molar-refractivity contribution < 1.29 is 33.3 Å². The fraction of sp³-hybridized carbons (Fsp3) is 0.250. The number of carbonyl (C=O) groups excluding carboxylic acids is 2. The van der Waals surface area contributed by atoms with Crippen LogP contribution in [0.2, 0.25) is 0 Å². The maximum absolute atomic E-state index is 14.0. The lowest BCUT2D eigenvalue weighted by Gasteiger charge is -2.26. The summed E-state index contributed by atoms with van der Waals surface area (Å²) in [5, 5.41) is 14.0. The SMILES string of the molecule is CO[C@H](CCOC(=O)CS)[C@H](OC(=O)Nc1cccc2ccccc12)c1ccc(O)c(F)c1. The number of halogens is 1. The number of hydrogen-bond donors (Lipinski definition) is 3. The zero-order chi connectivity index (χ0) is 23.8.